The van der Waals surface area contributed by atoms with Crippen molar-refractivity contribution >= 4 is 18.0 Å². The molecule has 176 valence electrons. The van der Waals surface area contributed by atoms with Crippen LogP contribution in [-0.4, -0.2) is 67.4 Å². The summed E-state index contributed by atoms with van der Waals surface area (Å²) in [5.74, 6) is -1.71. The predicted octanol–water partition coefficient (Wildman–Crippen LogP) is 3.25. The van der Waals surface area contributed by atoms with E-state index >= 15 is 0 Å². The second-order valence-corrected chi connectivity index (χ2v) is 8.12. The van der Waals surface area contributed by atoms with Gasteiger partial charge in [-0.25, -0.2) is 9.59 Å². The molecular weight excluding hydrogens is 424 g/mol. The number of nitrogens with one attached hydrogen (secondary N) is 1. The second-order valence-electron chi connectivity index (χ2n) is 8.12. The van der Waals surface area contributed by atoms with Crippen molar-refractivity contribution < 1.29 is 29.0 Å². The largest absolute Gasteiger partial charge is 0.480 e. The zero-order valence-electron chi connectivity index (χ0n) is 19.1. The van der Waals surface area contributed by atoms with Crippen LogP contribution in [0.25, 0.3) is 11.1 Å². The van der Waals surface area contributed by atoms with Gasteiger partial charge in [-0.05, 0) is 42.0 Å². The Hall–Kier alpha value is -3.39. The number of nitrogens with zero attached hydrogens (tertiary/aromatic N) is 1. The summed E-state index contributed by atoms with van der Waals surface area (Å²) in [6, 6.07) is 14.1. The molecule has 2 N–H and O–H groups in total. The Bertz CT molecular complexity index is 962. The van der Waals surface area contributed by atoms with Crippen LogP contribution in [0, 0.1) is 0 Å². The lowest BCUT2D eigenvalue weighted by atomic mass is 9.98. The first-order valence-electron chi connectivity index (χ1n) is 10.9. The Morgan fingerprint density at radius 1 is 1.06 bits per heavy atom. The SMILES string of the molecule is COCCCC(NC(=O)OCC1c2ccccc2-c2ccccc21)C(=O)N(C)C(C)C(=O)O. The number of aliphatic carboxylic acids is 1. The molecule has 1 aliphatic rings. The molecule has 0 aromatic heterocycles. The maximum Gasteiger partial charge on any atom is 0.407 e. The molecule has 3 rings (SSSR count). The molecule has 33 heavy (non-hydrogen) atoms. The zero-order chi connectivity index (χ0) is 24.0. The summed E-state index contributed by atoms with van der Waals surface area (Å²) in [5, 5.41) is 11.8. The molecule has 0 saturated heterocycles. The van der Waals surface area contributed by atoms with Gasteiger partial charge in [0.1, 0.15) is 18.7 Å². The molecule has 2 amide bonds. The number of amides is 2. The maximum atomic E-state index is 12.9. The Morgan fingerprint density at radius 2 is 1.64 bits per heavy atom. The number of benzene rings is 2. The summed E-state index contributed by atoms with van der Waals surface area (Å²) in [6.45, 7) is 1.95. The van der Waals surface area contributed by atoms with Gasteiger partial charge in [-0.3, -0.25) is 4.79 Å². The monoisotopic (exact) mass is 454 g/mol. The second kappa shape index (κ2) is 11.0. The van der Waals surface area contributed by atoms with Crippen LogP contribution in [0.5, 0.6) is 0 Å². The van der Waals surface area contributed by atoms with Crippen molar-refractivity contribution in [1.29, 1.82) is 0 Å². The fraction of sp³-hybridized carbons (Fsp3) is 0.400. The topological polar surface area (TPSA) is 105 Å². The standard InChI is InChI=1S/C25H30N2O6/c1-16(24(29)30)27(2)23(28)22(13-8-14-32-3)26-25(31)33-15-21-19-11-6-4-9-17(19)18-10-5-7-12-20(18)21/h4-7,9-12,16,21-22H,8,13-15H2,1-3H3,(H,26,31)(H,29,30). The van der Waals surface area contributed by atoms with Gasteiger partial charge in [0.15, 0.2) is 0 Å². The lowest BCUT2D eigenvalue weighted by Gasteiger charge is -2.27. The number of hydrogen-bond acceptors (Lipinski definition) is 5. The minimum Gasteiger partial charge on any atom is -0.480 e. The average Bonchev–Trinajstić information content (AvgIpc) is 3.14. The fourth-order valence-electron chi connectivity index (χ4n) is 4.07. The maximum absolute atomic E-state index is 12.9. The van der Waals surface area contributed by atoms with E-state index in [1.165, 1.54) is 14.0 Å². The third-order valence-electron chi connectivity index (χ3n) is 6.06. The third-order valence-corrected chi connectivity index (χ3v) is 6.06. The molecular formula is C25H30N2O6. The highest BCUT2D eigenvalue weighted by atomic mass is 16.5. The molecule has 2 aromatic carbocycles. The number of ether oxygens (including phenoxy) is 2. The van der Waals surface area contributed by atoms with Crippen LogP contribution in [0.2, 0.25) is 0 Å². The minimum absolute atomic E-state index is 0.0968. The van der Waals surface area contributed by atoms with Gasteiger partial charge in [0, 0.05) is 26.7 Å². The Labute approximate surface area is 193 Å². The summed E-state index contributed by atoms with van der Waals surface area (Å²) >= 11 is 0. The van der Waals surface area contributed by atoms with Crippen LogP contribution < -0.4 is 5.32 Å². The van der Waals surface area contributed by atoms with Crippen LogP contribution in [-0.2, 0) is 19.1 Å². The quantitative estimate of drug-likeness (QED) is 0.534. The van der Waals surface area contributed by atoms with Crippen LogP contribution >= 0.6 is 0 Å². The molecule has 0 radical (unpaired) electrons. The predicted molar refractivity (Wildman–Crippen MR) is 123 cm³/mol. The molecule has 8 heteroatoms. The first-order chi connectivity index (χ1) is 15.8. The van der Waals surface area contributed by atoms with Crippen molar-refractivity contribution in [3.63, 3.8) is 0 Å². The smallest absolute Gasteiger partial charge is 0.407 e. The van der Waals surface area contributed by atoms with Crippen molar-refractivity contribution in [2.45, 2.75) is 37.8 Å². The van der Waals surface area contributed by atoms with E-state index in [0.29, 0.717) is 19.4 Å². The van der Waals surface area contributed by atoms with E-state index in [1.807, 2.05) is 36.4 Å². The van der Waals surface area contributed by atoms with Crippen molar-refractivity contribution in [1.82, 2.24) is 10.2 Å². The van der Waals surface area contributed by atoms with Crippen LogP contribution in [0.15, 0.2) is 48.5 Å². The molecule has 0 bridgehead atoms. The molecule has 2 unspecified atom stereocenters. The van der Waals surface area contributed by atoms with E-state index in [1.54, 1.807) is 7.11 Å². The molecule has 0 heterocycles. The molecule has 2 atom stereocenters. The van der Waals surface area contributed by atoms with Crippen LogP contribution in [0.4, 0.5) is 4.79 Å². The highest BCUT2D eigenvalue weighted by Gasteiger charge is 2.31. The molecule has 0 fully saturated rings. The summed E-state index contributed by atoms with van der Waals surface area (Å²) in [7, 11) is 2.96. The van der Waals surface area contributed by atoms with Crippen molar-refractivity contribution in [3.05, 3.63) is 59.7 Å². The van der Waals surface area contributed by atoms with E-state index in [4.69, 9.17) is 9.47 Å². The number of rotatable bonds is 10. The Kier molecular flexibility index (Phi) is 8.06. The summed E-state index contributed by atoms with van der Waals surface area (Å²) in [6.07, 6.45) is 0.100. The van der Waals surface area contributed by atoms with Gasteiger partial charge in [-0.2, -0.15) is 0 Å². The first-order valence-corrected chi connectivity index (χ1v) is 10.9. The molecule has 1 aliphatic carbocycles. The van der Waals surface area contributed by atoms with E-state index in [9.17, 15) is 19.5 Å². The number of carboxylic acids is 1. The van der Waals surface area contributed by atoms with E-state index in [0.717, 1.165) is 27.2 Å². The lowest BCUT2D eigenvalue weighted by molar-refractivity contribution is -0.149. The van der Waals surface area contributed by atoms with Crippen LogP contribution in [0.1, 0.15) is 36.8 Å². The molecule has 0 saturated carbocycles. The first kappa shape index (κ1) is 24.3. The van der Waals surface area contributed by atoms with Gasteiger partial charge >= 0.3 is 12.1 Å². The number of alkyl carbamates (subject to hydrolysis) is 1. The summed E-state index contributed by atoms with van der Waals surface area (Å²) in [4.78, 5) is 37.9. The highest BCUT2D eigenvalue weighted by Crippen LogP contribution is 2.44. The summed E-state index contributed by atoms with van der Waals surface area (Å²) < 4.78 is 10.6. The fourth-order valence-corrected chi connectivity index (χ4v) is 4.07. The normalized spacial score (nSPS) is 14.0. The van der Waals surface area contributed by atoms with Gasteiger partial charge in [0.2, 0.25) is 5.91 Å². The number of carbonyl (C=O) groups is 3. The van der Waals surface area contributed by atoms with E-state index in [-0.39, 0.29) is 12.5 Å². The highest BCUT2D eigenvalue weighted by molar-refractivity contribution is 5.89. The number of methoxy groups -OCH3 is 1. The van der Waals surface area contributed by atoms with E-state index < -0.39 is 30.1 Å². The number of likely N-dealkylation sites (N-methyl/N-ethyl adjacent to an activating group) is 1. The van der Waals surface area contributed by atoms with Crippen molar-refractivity contribution in [3.8, 4) is 11.1 Å². The van der Waals surface area contributed by atoms with Gasteiger partial charge in [0.25, 0.3) is 0 Å². The number of carboxylic acid groups (broad SMARTS) is 1. The Morgan fingerprint density at radius 3 is 2.18 bits per heavy atom. The van der Waals surface area contributed by atoms with E-state index in [2.05, 4.69) is 17.4 Å². The van der Waals surface area contributed by atoms with Gasteiger partial charge in [-0.1, -0.05) is 48.5 Å². The summed E-state index contributed by atoms with van der Waals surface area (Å²) in [5.41, 5.74) is 4.43. The number of fused-ring (bicyclic) bond motifs is 3. The average molecular weight is 455 g/mol. The number of carbonyl (C=O) groups excluding carboxylic acids is 2. The van der Waals surface area contributed by atoms with Crippen LogP contribution in [0.3, 0.4) is 0 Å². The molecule has 0 spiro atoms. The number of hydrogen-bond donors (Lipinski definition) is 2. The van der Waals surface area contributed by atoms with Gasteiger partial charge < -0.3 is 24.8 Å². The zero-order valence-corrected chi connectivity index (χ0v) is 19.1. The van der Waals surface area contributed by atoms with Crippen molar-refractivity contribution in [2.24, 2.45) is 0 Å². The molecule has 0 aliphatic heterocycles. The van der Waals surface area contributed by atoms with Crippen molar-refractivity contribution in [2.75, 3.05) is 27.4 Å². The van der Waals surface area contributed by atoms with Gasteiger partial charge in [0.05, 0.1) is 0 Å². The molecule has 2 aromatic rings. The van der Waals surface area contributed by atoms with Gasteiger partial charge in [-0.15, -0.1) is 0 Å². The third kappa shape index (κ3) is 5.51. The Balaban J connectivity index is 1.68. The lowest BCUT2D eigenvalue weighted by Crippen LogP contribution is -2.51. The molecule has 8 nitrogen and oxygen atoms in total. The minimum atomic E-state index is -1.12.